The van der Waals surface area contributed by atoms with Gasteiger partial charge in [0.25, 0.3) is 0 Å². The van der Waals surface area contributed by atoms with Gasteiger partial charge in [0.15, 0.2) is 11.5 Å². The monoisotopic (exact) mass is 352 g/mol. The molecule has 2 N–H and O–H groups in total. The third kappa shape index (κ3) is 4.70. The van der Waals surface area contributed by atoms with Crippen molar-refractivity contribution in [2.75, 3.05) is 38.6 Å². The minimum atomic E-state index is -1.22. The molecule has 7 heteroatoms. The number of fused-ring (bicyclic) bond motifs is 1. The average molecular weight is 352 g/mol. The molecule has 0 radical (unpaired) electrons. The fraction of sp³-hybridized carbons (Fsp3) is 0.588. The molecule has 0 aliphatic carbocycles. The highest BCUT2D eigenvalue weighted by Crippen LogP contribution is 2.31. The smallest absolute Gasteiger partial charge is 0.220 e. The van der Waals surface area contributed by atoms with Crippen LogP contribution in [-0.2, 0) is 15.6 Å². The zero-order valence-electron chi connectivity index (χ0n) is 13.7. The van der Waals surface area contributed by atoms with Crippen molar-refractivity contribution >= 4 is 16.7 Å². The molecule has 1 amide bonds. The highest BCUT2D eigenvalue weighted by atomic mass is 32.2. The second-order valence-corrected chi connectivity index (χ2v) is 7.69. The van der Waals surface area contributed by atoms with Crippen molar-refractivity contribution in [3.05, 3.63) is 18.2 Å². The number of carbonyl (C=O) groups excluding carboxylic acids is 1. The zero-order valence-corrected chi connectivity index (χ0v) is 14.5. The van der Waals surface area contributed by atoms with Gasteiger partial charge in [-0.1, -0.05) is 0 Å². The Bertz CT molecular complexity index is 602. The lowest BCUT2D eigenvalue weighted by Gasteiger charge is -2.22. The molecule has 3 rings (SSSR count). The zero-order chi connectivity index (χ0) is 16.8. The first-order valence-electron chi connectivity index (χ1n) is 8.48. The van der Waals surface area contributed by atoms with Crippen molar-refractivity contribution < 1.29 is 18.5 Å². The van der Waals surface area contributed by atoms with Crippen molar-refractivity contribution in [1.82, 2.24) is 10.6 Å². The highest BCUT2D eigenvalue weighted by molar-refractivity contribution is 7.85. The molecule has 24 heavy (non-hydrogen) atoms. The van der Waals surface area contributed by atoms with Crippen LogP contribution < -0.4 is 20.1 Å². The molecule has 0 saturated carbocycles. The molecular weight excluding hydrogens is 328 g/mol. The second kappa shape index (κ2) is 8.48. The van der Waals surface area contributed by atoms with E-state index in [0.29, 0.717) is 47.8 Å². The van der Waals surface area contributed by atoms with Gasteiger partial charge in [-0.15, -0.1) is 0 Å². The van der Waals surface area contributed by atoms with Gasteiger partial charge < -0.3 is 20.1 Å². The van der Waals surface area contributed by atoms with Crippen LogP contribution in [0.3, 0.4) is 0 Å². The van der Waals surface area contributed by atoms with Gasteiger partial charge in [-0.25, -0.2) is 0 Å². The molecule has 2 atom stereocenters. The Morgan fingerprint density at radius 2 is 2.12 bits per heavy atom. The molecule has 2 aliphatic rings. The first kappa shape index (κ1) is 17.2. The number of nitrogens with one attached hydrogen (secondary N) is 2. The van der Waals surface area contributed by atoms with Crippen molar-refractivity contribution in [2.45, 2.75) is 24.2 Å². The third-order valence-corrected chi connectivity index (χ3v) is 5.63. The van der Waals surface area contributed by atoms with Gasteiger partial charge in [0.1, 0.15) is 13.2 Å². The fourth-order valence-electron chi connectivity index (χ4n) is 2.91. The summed E-state index contributed by atoms with van der Waals surface area (Å²) in [5, 5.41) is 6.28. The van der Waals surface area contributed by atoms with Crippen LogP contribution in [0.2, 0.25) is 0 Å². The summed E-state index contributed by atoms with van der Waals surface area (Å²) in [4.78, 5) is 12.6. The fourth-order valence-corrected chi connectivity index (χ4v) is 3.98. The maximum atomic E-state index is 12.4. The van der Waals surface area contributed by atoms with Crippen LogP contribution >= 0.6 is 0 Å². The van der Waals surface area contributed by atoms with Gasteiger partial charge in [-0.3, -0.25) is 9.00 Å². The molecular formula is C17H24N2O4S. The van der Waals surface area contributed by atoms with Gasteiger partial charge in [0, 0.05) is 29.7 Å². The lowest BCUT2D eigenvalue weighted by Crippen LogP contribution is -2.38. The van der Waals surface area contributed by atoms with E-state index in [0.717, 1.165) is 25.9 Å². The van der Waals surface area contributed by atoms with E-state index >= 15 is 0 Å². The van der Waals surface area contributed by atoms with Crippen molar-refractivity contribution in [2.24, 2.45) is 5.92 Å². The molecule has 6 nitrogen and oxygen atoms in total. The Balaban J connectivity index is 1.43. The van der Waals surface area contributed by atoms with Gasteiger partial charge in [-0.05, 0) is 44.0 Å². The summed E-state index contributed by atoms with van der Waals surface area (Å²) in [7, 11) is -1.22. The Morgan fingerprint density at radius 1 is 1.29 bits per heavy atom. The topological polar surface area (TPSA) is 76.7 Å². The minimum Gasteiger partial charge on any atom is -0.486 e. The highest BCUT2D eigenvalue weighted by Gasteiger charge is 2.16. The SMILES string of the molecule is O=C(CCS(=O)c1ccc2c(c1)OCCO2)NCC1CCCNC1. The molecule has 1 aromatic carbocycles. The van der Waals surface area contributed by atoms with Crippen LogP contribution in [0.4, 0.5) is 0 Å². The molecule has 1 aromatic rings. The Morgan fingerprint density at radius 3 is 2.92 bits per heavy atom. The molecule has 2 heterocycles. The molecule has 1 fully saturated rings. The first-order valence-corrected chi connectivity index (χ1v) is 9.80. The molecule has 2 aliphatic heterocycles. The molecule has 0 bridgehead atoms. The standard InChI is InChI=1S/C17H24N2O4S/c20-17(19-12-13-2-1-6-18-11-13)5-9-24(21)14-3-4-15-16(10-14)23-8-7-22-15/h3-4,10,13,18H,1-2,5-9,11-12H2,(H,19,20). The summed E-state index contributed by atoms with van der Waals surface area (Å²) >= 11 is 0. The minimum absolute atomic E-state index is 0.0357. The van der Waals surface area contributed by atoms with Crippen LogP contribution in [0, 0.1) is 5.92 Å². The van der Waals surface area contributed by atoms with Gasteiger partial charge in [0.05, 0.1) is 10.8 Å². The van der Waals surface area contributed by atoms with E-state index in [1.165, 1.54) is 0 Å². The Labute approximate surface area is 144 Å². The van der Waals surface area contributed by atoms with Crippen LogP contribution in [0.15, 0.2) is 23.1 Å². The van der Waals surface area contributed by atoms with Crippen LogP contribution in [0.1, 0.15) is 19.3 Å². The number of ether oxygens (including phenoxy) is 2. The quantitative estimate of drug-likeness (QED) is 0.801. The summed E-state index contributed by atoms with van der Waals surface area (Å²) in [6, 6.07) is 5.29. The maximum Gasteiger partial charge on any atom is 0.220 e. The van der Waals surface area contributed by atoms with Gasteiger partial charge >= 0.3 is 0 Å². The summed E-state index contributed by atoms with van der Waals surface area (Å²) in [5.74, 6) is 2.09. The lowest BCUT2D eigenvalue weighted by atomic mass is 10.00. The predicted octanol–water partition coefficient (Wildman–Crippen LogP) is 1.07. The van der Waals surface area contributed by atoms with E-state index in [4.69, 9.17) is 9.47 Å². The Hall–Kier alpha value is -1.60. The van der Waals surface area contributed by atoms with Crippen LogP contribution in [0.25, 0.3) is 0 Å². The average Bonchev–Trinajstić information content (AvgIpc) is 2.65. The number of benzene rings is 1. The van der Waals surface area contributed by atoms with E-state index in [2.05, 4.69) is 10.6 Å². The normalized spacial score (nSPS) is 21.1. The van der Waals surface area contributed by atoms with E-state index in [-0.39, 0.29) is 12.3 Å². The van der Waals surface area contributed by atoms with Gasteiger partial charge in [0.2, 0.25) is 5.91 Å². The number of amides is 1. The summed E-state index contributed by atoms with van der Waals surface area (Å²) in [6.45, 7) is 3.76. The van der Waals surface area contributed by atoms with Crippen LogP contribution in [0.5, 0.6) is 11.5 Å². The maximum absolute atomic E-state index is 12.4. The van der Waals surface area contributed by atoms with Crippen LogP contribution in [-0.4, -0.2) is 48.7 Å². The van der Waals surface area contributed by atoms with Crippen molar-refractivity contribution in [3.8, 4) is 11.5 Å². The predicted molar refractivity (Wildman–Crippen MR) is 91.9 cm³/mol. The molecule has 2 unspecified atom stereocenters. The summed E-state index contributed by atoms with van der Waals surface area (Å²) < 4.78 is 23.3. The van der Waals surface area contributed by atoms with E-state index in [1.54, 1.807) is 18.2 Å². The second-order valence-electron chi connectivity index (χ2n) is 6.12. The van der Waals surface area contributed by atoms with E-state index in [1.807, 2.05) is 0 Å². The largest absolute Gasteiger partial charge is 0.486 e. The molecule has 132 valence electrons. The van der Waals surface area contributed by atoms with Crippen molar-refractivity contribution in [1.29, 1.82) is 0 Å². The number of hydrogen-bond acceptors (Lipinski definition) is 5. The van der Waals surface area contributed by atoms with Crippen molar-refractivity contribution in [3.63, 3.8) is 0 Å². The van der Waals surface area contributed by atoms with E-state index in [9.17, 15) is 9.00 Å². The number of piperidine rings is 1. The molecule has 1 saturated heterocycles. The van der Waals surface area contributed by atoms with Gasteiger partial charge in [-0.2, -0.15) is 0 Å². The molecule has 0 spiro atoms. The first-order chi connectivity index (χ1) is 11.7. The number of rotatable bonds is 6. The summed E-state index contributed by atoms with van der Waals surface area (Å²) in [6.07, 6.45) is 2.58. The molecule has 0 aromatic heterocycles. The lowest BCUT2D eigenvalue weighted by molar-refractivity contribution is -0.120. The third-order valence-electron chi connectivity index (χ3n) is 4.28. The number of hydrogen-bond donors (Lipinski definition) is 2. The Kier molecular flexibility index (Phi) is 6.09. The van der Waals surface area contributed by atoms with E-state index < -0.39 is 10.8 Å². The summed E-state index contributed by atoms with van der Waals surface area (Å²) in [5.41, 5.74) is 0. The number of carbonyl (C=O) groups is 1.